The first-order valence-corrected chi connectivity index (χ1v) is 10.5. The summed E-state index contributed by atoms with van der Waals surface area (Å²) in [4.78, 5) is 37.6. The Bertz CT molecular complexity index is 1020. The molecular formula is C21H19N3O3S2. The molecule has 0 saturated carbocycles. The molecule has 0 bridgehead atoms. The summed E-state index contributed by atoms with van der Waals surface area (Å²) < 4.78 is 0. The number of rotatable bonds is 7. The standard InChI is InChI=1S/C21H19N3O3S2/c1-13(20(26)24-17-6-3-2-5-16(17)19(22)25)29-15-10-8-14(9-11-15)23-21(27)18-7-4-12-28-18/h2-13H,1H3,(H2,22,25)(H,23,27)(H,24,26). The fourth-order valence-electron chi connectivity index (χ4n) is 2.52. The normalized spacial score (nSPS) is 11.5. The Morgan fingerprint density at radius 2 is 1.69 bits per heavy atom. The zero-order valence-corrected chi connectivity index (χ0v) is 17.2. The maximum absolute atomic E-state index is 12.5. The molecule has 0 spiro atoms. The van der Waals surface area contributed by atoms with Crippen LogP contribution in [0.2, 0.25) is 0 Å². The van der Waals surface area contributed by atoms with Crippen LogP contribution in [0.25, 0.3) is 0 Å². The number of thiophene rings is 1. The number of anilines is 2. The molecule has 6 nitrogen and oxygen atoms in total. The molecule has 3 amide bonds. The van der Waals surface area contributed by atoms with E-state index in [1.54, 1.807) is 49.4 Å². The van der Waals surface area contributed by atoms with E-state index in [2.05, 4.69) is 10.6 Å². The molecule has 3 aromatic rings. The van der Waals surface area contributed by atoms with Gasteiger partial charge in [-0.2, -0.15) is 0 Å². The van der Waals surface area contributed by atoms with Crippen molar-refractivity contribution in [2.75, 3.05) is 10.6 Å². The number of para-hydroxylation sites is 1. The molecule has 1 heterocycles. The molecular weight excluding hydrogens is 406 g/mol. The van der Waals surface area contributed by atoms with Gasteiger partial charge in [-0.25, -0.2) is 0 Å². The van der Waals surface area contributed by atoms with Crippen molar-refractivity contribution in [3.63, 3.8) is 0 Å². The van der Waals surface area contributed by atoms with E-state index < -0.39 is 11.2 Å². The third-order valence-electron chi connectivity index (χ3n) is 3.99. The molecule has 0 aliphatic carbocycles. The monoisotopic (exact) mass is 425 g/mol. The molecule has 0 aliphatic heterocycles. The van der Waals surface area contributed by atoms with E-state index in [1.807, 2.05) is 23.6 Å². The van der Waals surface area contributed by atoms with Gasteiger partial charge in [0.1, 0.15) is 0 Å². The minimum atomic E-state index is -0.596. The van der Waals surface area contributed by atoms with Crippen LogP contribution in [0, 0.1) is 0 Å². The summed E-state index contributed by atoms with van der Waals surface area (Å²) in [6.45, 7) is 1.78. The summed E-state index contributed by atoms with van der Waals surface area (Å²) in [5.74, 6) is -0.985. The summed E-state index contributed by atoms with van der Waals surface area (Å²) in [6, 6.07) is 17.5. The second-order valence-corrected chi connectivity index (χ2v) is 8.48. The Morgan fingerprint density at radius 1 is 0.966 bits per heavy atom. The number of hydrogen-bond donors (Lipinski definition) is 3. The summed E-state index contributed by atoms with van der Waals surface area (Å²) in [6.07, 6.45) is 0. The van der Waals surface area contributed by atoms with Gasteiger partial charge in [0.05, 0.1) is 21.4 Å². The molecule has 0 fully saturated rings. The Hall–Kier alpha value is -3.10. The minimum Gasteiger partial charge on any atom is -0.366 e. The predicted molar refractivity (Wildman–Crippen MR) is 118 cm³/mol. The van der Waals surface area contributed by atoms with E-state index in [0.717, 1.165) is 4.90 Å². The van der Waals surface area contributed by atoms with Crippen molar-refractivity contribution in [1.29, 1.82) is 0 Å². The van der Waals surface area contributed by atoms with Crippen LogP contribution in [-0.2, 0) is 4.79 Å². The number of hydrogen-bond acceptors (Lipinski definition) is 5. The Kier molecular flexibility index (Phi) is 6.69. The first-order valence-electron chi connectivity index (χ1n) is 8.75. The van der Waals surface area contributed by atoms with Gasteiger partial charge in [0.25, 0.3) is 11.8 Å². The number of primary amides is 1. The number of carbonyl (C=O) groups excluding carboxylic acids is 3. The third-order valence-corrected chi connectivity index (χ3v) is 5.97. The predicted octanol–water partition coefficient (Wildman–Crippen LogP) is 4.22. The van der Waals surface area contributed by atoms with Crippen molar-refractivity contribution in [3.05, 3.63) is 76.5 Å². The number of carbonyl (C=O) groups is 3. The largest absolute Gasteiger partial charge is 0.366 e. The first kappa shape index (κ1) is 20.6. The van der Waals surface area contributed by atoms with Gasteiger partial charge in [0.15, 0.2) is 0 Å². The van der Waals surface area contributed by atoms with Crippen LogP contribution in [0.15, 0.2) is 70.9 Å². The number of nitrogens with one attached hydrogen (secondary N) is 2. The number of thioether (sulfide) groups is 1. The molecule has 0 aliphatic rings. The van der Waals surface area contributed by atoms with Gasteiger partial charge in [-0.1, -0.05) is 18.2 Å². The molecule has 8 heteroatoms. The molecule has 0 radical (unpaired) electrons. The minimum absolute atomic E-state index is 0.152. The molecule has 2 aromatic carbocycles. The molecule has 4 N–H and O–H groups in total. The first-order chi connectivity index (χ1) is 13.9. The lowest BCUT2D eigenvalue weighted by Gasteiger charge is -2.14. The molecule has 3 rings (SSSR count). The van der Waals surface area contributed by atoms with E-state index in [9.17, 15) is 14.4 Å². The number of benzene rings is 2. The van der Waals surface area contributed by atoms with Crippen LogP contribution in [0.4, 0.5) is 11.4 Å². The summed E-state index contributed by atoms with van der Waals surface area (Å²) in [7, 11) is 0. The highest BCUT2D eigenvalue weighted by molar-refractivity contribution is 8.00. The Labute approximate surface area is 176 Å². The Balaban J connectivity index is 1.59. The van der Waals surface area contributed by atoms with Crippen LogP contribution < -0.4 is 16.4 Å². The van der Waals surface area contributed by atoms with Gasteiger partial charge in [-0.05, 0) is 54.8 Å². The topological polar surface area (TPSA) is 101 Å². The van der Waals surface area contributed by atoms with Crippen LogP contribution in [0.1, 0.15) is 27.0 Å². The van der Waals surface area contributed by atoms with Crippen molar-refractivity contribution in [1.82, 2.24) is 0 Å². The fourth-order valence-corrected chi connectivity index (χ4v) is 4.00. The average molecular weight is 426 g/mol. The summed E-state index contributed by atoms with van der Waals surface area (Å²) in [5.41, 5.74) is 6.69. The van der Waals surface area contributed by atoms with E-state index in [-0.39, 0.29) is 17.4 Å². The second kappa shape index (κ2) is 9.40. The molecule has 1 aromatic heterocycles. The van der Waals surface area contributed by atoms with Gasteiger partial charge >= 0.3 is 0 Å². The lowest BCUT2D eigenvalue weighted by molar-refractivity contribution is -0.115. The highest BCUT2D eigenvalue weighted by atomic mass is 32.2. The van der Waals surface area contributed by atoms with Crippen molar-refractivity contribution in [2.24, 2.45) is 5.73 Å². The van der Waals surface area contributed by atoms with Crippen molar-refractivity contribution >= 4 is 52.2 Å². The Morgan fingerprint density at radius 3 is 2.34 bits per heavy atom. The third kappa shape index (κ3) is 5.46. The van der Waals surface area contributed by atoms with Gasteiger partial charge < -0.3 is 16.4 Å². The average Bonchev–Trinajstić information content (AvgIpc) is 3.24. The van der Waals surface area contributed by atoms with Gasteiger partial charge in [0.2, 0.25) is 5.91 Å². The smallest absolute Gasteiger partial charge is 0.265 e. The van der Waals surface area contributed by atoms with Crippen LogP contribution in [0.3, 0.4) is 0 Å². The summed E-state index contributed by atoms with van der Waals surface area (Å²) in [5, 5.41) is 7.03. The van der Waals surface area contributed by atoms with E-state index in [1.165, 1.54) is 23.1 Å². The highest BCUT2D eigenvalue weighted by Gasteiger charge is 2.17. The molecule has 1 atom stereocenters. The van der Waals surface area contributed by atoms with E-state index >= 15 is 0 Å². The van der Waals surface area contributed by atoms with E-state index in [0.29, 0.717) is 16.3 Å². The SMILES string of the molecule is CC(Sc1ccc(NC(=O)c2cccs2)cc1)C(=O)Nc1ccccc1C(N)=O. The van der Waals surface area contributed by atoms with E-state index in [4.69, 9.17) is 5.73 Å². The van der Waals surface area contributed by atoms with Crippen LogP contribution >= 0.6 is 23.1 Å². The summed E-state index contributed by atoms with van der Waals surface area (Å²) >= 11 is 2.75. The molecule has 1 unspecified atom stereocenters. The van der Waals surface area contributed by atoms with Crippen molar-refractivity contribution < 1.29 is 14.4 Å². The molecule has 29 heavy (non-hydrogen) atoms. The van der Waals surface area contributed by atoms with Crippen molar-refractivity contribution in [3.8, 4) is 0 Å². The maximum atomic E-state index is 12.5. The maximum Gasteiger partial charge on any atom is 0.265 e. The van der Waals surface area contributed by atoms with Gasteiger partial charge in [-0.3, -0.25) is 14.4 Å². The number of amides is 3. The quantitative estimate of drug-likeness (QED) is 0.493. The lowest BCUT2D eigenvalue weighted by Crippen LogP contribution is -2.24. The molecule has 0 saturated heterocycles. The fraction of sp³-hybridized carbons (Fsp3) is 0.0952. The van der Waals surface area contributed by atoms with Crippen LogP contribution in [0.5, 0.6) is 0 Å². The zero-order chi connectivity index (χ0) is 20.8. The second-order valence-electron chi connectivity index (χ2n) is 6.11. The lowest BCUT2D eigenvalue weighted by atomic mass is 10.1. The van der Waals surface area contributed by atoms with Crippen molar-refractivity contribution in [2.45, 2.75) is 17.1 Å². The zero-order valence-electron chi connectivity index (χ0n) is 15.5. The molecule has 148 valence electrons. The van der Waals surface area contributed by atoms with Gasteiger partial charge in [0, 0.05) is 10.6 Å². The highest BCUT2D eigenvalue weighted by Crippen LogP contribution is 2.26. The van der Waals surface area contributed by atoms with Crippen LogP contribution in [-0.4, -0.2) is 23.0 Å². The van der Waals surface area contributed by atoms with Gasteiger partial charge in [-0.15, -0.1) is 23.1 Å². The number of nitrogens with two attached hydrogens (primary N) is 1.